The van der Waals surface area contributed by atoms with Crippen LogP contribution in [-0.2, 0) is 4.79 Å². The van der Waals surface area contributed by atoms with Crippen LogP contribution in [0.2, 0.25) is 0 Å². The highest BCUT2D eigenvalue weighted by Gasteiger charge is 2.34. The molecule has 0 aliphatic carbocycles. The predicted octanol–water partition coefficient (Wildman–Crippen LogP) is 8.20. The van der Waals surface area contributed by atoms with Crippen LogP contribution in [0.25, 0.3) is 33.2 Å². The van der Waals surface area contributed by atoms with Crippen molar-refractivity contribution in [3.8, 4) is 40.3 Å². The first kappa shape index (κ1) is 47.0. The zero-order chi connectivity index (χ0) is 49.9. The Morgan fingerprint density at radius 3 is 1.63 bits per heavy atom. The Hall–Kier alpha value is -9.13. The van der Waals surface area contributed by atoms with E-state index in [1.54, 1.807) is 145 Å². The van der Waals surface area contributed by atoms with E-state index < -0.39 is 54.0 Å². The molecule has 9 rings (SSSR count). The van der Waals surface area contributed by atoms with Crippen molar-refractivity contribution in [1.29, 1.82) is 0 Å². The maximum Gasteiger partial charge on any atom is 0.333 e. The lowest BCUT2D eigenvalue weighted by Gasteiger charge is -2.29. The van der Waals surface area contributed by atoms with Crippen LogP contribution in [-0.4, -0.2) is 66.0 Å². The van der Waals surface area contributed by atoms with Gasteiger partial charge in [-0.05, 0) is 134 Å². The number of hydrogen-bond donors (Lipinski definition) is 4. The molecule has 0 saturated carbocycles. The molecule has 71 heavy (non-hydrogen) atoms. The number of imidazole rings is 1. The number of primary amides is 1. The van der Waals surface area contributed by atoms with Gasteiger partial charge in [-0.2, -0.15) is 10.2 Å². The Morgan fingerprint density at radius 2 is 1.14 bits per heavy atom. The standard InChI is InChI=1S/C52H47F2N9O8/c1-30(47(32-7-5-9-40(23-32)68-3)70-42-19-21-44-34(25-42)27-56-62(44)38-15-11-36(53)12-16-38)58-50(65)49(59-51(55)66)60-29-46(64)61(52(60)67)31(2)48(33-8-6-10-41(24-33)69-4)71-43-20-22-45-35(26-43)28-57-63(45)39-17-13-37(54)14-18-39/h5-31,47-49,64H,1-4H3,(H,58,65)(H3,55,59,66). The summed E-state index contributed by atoms with van der Waals surface area (Å²) in [4.78, 5) is 41.6. The summed E-state index contributed by atoms with van der Waals surface area (Å²) in [6, 6.07) is 33.6. The monoisotopic (exact) mass is 963 g/mol. The van der Waals surface area contributed by atoms with Crippen molar-refractivity contribution < 1.29 is 42.4 Å². The largest absolute Gasteiger partial charge is 0.497 e. The summed E-state index contributed by atoms with van der Waals surface area (Å²) in [5.74, 6) is -0.351. The number of aromatic hydroxyl groups is 1. The van der Waals surface area contributed by atoms with Crippen LogP contribution < -0.4 is 41.0 Å². The Balaban J connectivity index is 1.01. The second-order valence-electron chi connectivity index (χ2n) is 16.6. The molecule has 5 unspecified atom stereocenters. The smallest absolute Gasteiger partial charge is 0.333 e. The zero-order valence-electron chi connectivity index (χ0n) is 38.6. The molecule has 0 aliphatic rings. The van der Waals surface area contributed by atoms with Gasteiger partial charge in [-0.3, -0.25) is 13.9 Å². The third-order valence-corrected chi connectivity index (χ3v) is 12.0. The molecule has 17 nitrogen and oxygen atoms in total. The Labute approximate surface area is 404 Å². The van der Waals surface area contributed by atoms with E-state index in [0.29, 0.717) is 56.3 Å². The summed E-state index contributed by atoms with van der Waals surface area (Å²) >= 11 is 0. The van der Waals surface area contributed by atoms with Crippen LogP contribution in [0.1, 0.15) is 49.4 Å². The van der Waals surface area contributed by atoms with E-state index in [4.69, 9.17) is 24.7 Å². The van der Waals surface area contributed by atoms with Gasteiger partial charge in [-0.25, -0.2) is 27.7 Å². The third-order valence-electron chi connectivity index (χ3n) is 12.0. The van der Waals surface area contributed by atoms with Crippen molar-refractivity contribution in [3.63, 3.8) is 0 Å². The van der Waals surface area contributed by atoms with Gasteiger partial charge < -0.3 is 40.4 Å². The minimum Gasteiger partial charge on any atom is -0.497 e. The number of methoxy groups -OCH3 is 2. The van der Waals surface area contributed by atoms with E-state index in [9.17, 15) is 28.3 Å². The molecule has 6 aromatic carbocycles. The van der Waals surface area contributed by atoms with E-state index in [-0.39, 0.29) is 11.6 Å². The summed E-state index contributed by atoms with van der Waals surface area (Å²) in [6.45, 7) is 3.34. The summed E-state index contributed by atoms with van der Waals surface area (Å²) in [7, 11) is 3.03. The van der Waals surface area contributed by atoms with Gasteiger partial charge in [0.2, 0.25) is 5.88 Å². The number of carbonyl (C=O) groups excluding carboxylic acids is 2. The maximum absolute atomic E-state index is 14.6. The van der Waals surface area contributed by atoms with Crippen molar-refractivity contribution in [2.24, 2.45) is 5.73 Å². The lowest BCUT2D eigenvalue weighted by molar-refractivity contribution is -0.126. The third kappa shape index (κ3) is 9.78. The number of halogens is 2. The van der Waals surface area contributed by atoms with Crippen molar-refractivity contribution in [3.05, 3.63) is 185 Å². The van der Waals surface area contributed by atoms with Crippen molar-refractivity contribution >= 4 is 33.7 Å². The predicted molar refractivity (Wildman–Crippen MR) is 259 cm³/mol. The van der Waals surface area contributed by atoms with Gasteiger partial charge in [0.05, 0.1) is 67.3 Å². The SMILES string of the molecule is COc1cccc(C(Oc2ccc3c(cnn3-c3ccc(F)cc3)c2)C(C)NC(=O)C(NC(N)=O)n2cc(O)n(C(C)C(Oc3ccc4c(cnn4-c4ccc(F)cc4)c3)c3cccc(OC)c3)c2=O)c1. The normalized spacial score (nSPS) is 13.5. The lowest BCUT2D eigenvalue weighted by Crippen LogP contribution is -2.51. The number of nitrogens with one attached hydrogen (secondary N) is 2. The van der Waals surface area contributed by atoms with Crippen LogP contribution >= 0.6 is 0 Å². The summed E-state index contributed by atoms with van der Waals surface area (Å²) < 4.78 is 56.9. The number of nitrogens with zero attached hydrogens (tertiary/aromatic N) is 6. The molecule has 362 valence electrons. The van der Waals surface area contributed by atoms with E-state index in [0.717, 1.165) is 26.4 Å². The van der Waals surface area contributed by atoms with Crippen LogP contribution in [0, 0.1) is 11.6 Å². The number of aromatic nitrogens is 6. The molecular weight excluding hydrogens is 917 g/mol. The van der Waals surface area contributed by atoms with Gasteiger partial charge in [0, 0.05) is 10.8 Å². The van der Waals surface area contributed by atoms with Gasteiger partial charge in [0.15, 0.2) is 6.17 Å². The number of benzene rings is 6. The highest BCUT2D eigenvalue weighted by molar-refractivity contribution is 5.85. The van der Waals surface area contributed by atoms with Gasteiger partial charge in [-0.15, -0.1) is 0 Å². The molecule has 0 bridgehead atoms. The fourth-order valence-corrected chi connectivity index (χ4v) is 8.52. The molecule has 9 aromatic rings. The Kier molecular flexibility index (Phi) is 13.1. The molecule has 0 aliphatic heterocycles. The average molecular weight is 964 g/mol. The average Bonchev–Trinajstić information content (AvgIpc) is 4.08. The van der Waals surface area contributed by atoms with E-state index >= 15 is 0 Å². The Morgan fingerprint density at radius 1 is 0.648 bits per heavy atom. The molecule has 0 fully saturated rings. The van der Waals surface area contributed by atoms with Crippen molar-refractivity contribution in [2.45, 2.75) is 44.3 Å². The summed E-state index contributed by atoms with van der Waals surface area (Å²) in [5, 5.41) is 27.2. The summed E-state index contributed by atoms with van der Waals surface area (Å²) in [6.07, 6.45) is 0.693. The van der Waals surface area contributed by atoms with Crippen molar-refractivity contribution in [2.75, 3.05) is 14.2 Å². The number of urea groups is 1. The fraction of sp³-hybridized carbons (Fsp3) is 0.173. The lowest BCUT2D eigenvalue weighted by atomic mass is 10.0. The quantitative estimate of drug-likeness (QED) is 0.0689. The first-order valence-electron chi connectivity index (χ1n) is 22.3. The van der Waals surface area contributed by atoms with Gasteiger partial charge in [0.25, 0.3) is 5.91 Å². The molecule has 0 saturated heterocycles. The van der Waals surface area contributed by atoms with Gasteiger partial charge in [-0.1, -0.05) is 24.3 Å². The number of fused-ring (bicyclic) bond motifs is 2. The van der Waals surface area contributed by atoms with E-state index in [2.05, 4.69) is 20.8 Å². The first-order chi connectivity index (χ1) is 34.3. The zero-order valence-corrected chi connectivity index (χ0v) is 38.6. The van der Waals surface area contributed by atoms with E-state index in [1.165, 1.54) is 38.5 Å². The molecule has 5 N–H and O–H groups in total. The second kappa shape index (κ2) is 19.8. The van der Waals surface area contributed by atoms with Gasteiger partial charge in [0.1, 0.15) is 46.8 Å². The van der Waals surface area contributed by atoms with Crippen LogP contribution in [0.3, 0.4) is 0 Å². The number of amides is 3. The number of hydrogen-bond acceptors (Lipinski definition) is 10. The van der Waals surface area contributed by atoms with E-state index in [1.807, 2.05) is 0 Å². The minimum atomic E-state index is -1.77. The number of nitrogens with two attached hydrogens (primary N) is 1. The second-order valence-corrected chi connectivity index (χ2v) is 16.6. The highest BCUT2D eigenvalue weighted by Crippen LogP contribution is 2.37. The fourth-order valence-electron chi connectivity index (χ4n) is 8.52. The maximum atomic E-state index is 14.6. The molecule has 0 radical (unpaired) electrons. The molecular formula is C52H47F2N9O8. The minimum absolute atomic E-state index is 0.372. The van der Waals surface area contributed by atoms with Crippen LogP contribution in [0.15, 0.2) is 157 Å². The van der Waals surface area contributed by atoms with Gasteiger partial charge >= 0.3 is 11.7 Å². The molecule has 5 atom stereocenters. The topological polar surface area (TPSA) is 204 Å². The van der Waals surface area contributed by atoms with Crippen LogP contribution in [0.4, 0.5) is 13.6 Å². The Bertz CT molecular complexity index is 3440. The molecule has 0 spiro atoms. The first-order valence-corrected chi connectivity index (χ1v) is 22.3. The highest BCUT2D eigenvalue weighted by atomic mass is 19.1. The summed E-state index contributed by atoms with van der Waals surface area (Å²) in [5.41, 5.74) is 8.67. The molecule has 19 heteroatoms. The molecule has 3 aromatic heterocycles. The van der Waals surface area contributed by atoms with Crippen molar-refractivity contribution in [1.82, 2.24) is 39.3 Å². The number of ether oxygens (including phenoxy) is 4. The molecule has 3 heterocycles. The molecule has 3 amide bonds. The number of rotatable bonds is 17. The van der Waals surface area contributed by atoms with Crippen LogP contribution in [0.5, 0.6) is 28.9 Å². The number of carbonyl (C=O) groups is 2.